The minimum absolute atomic E-state index is 0.0102. The molecule has 2 aromatic carbocycles. The van der Waals surface area contributed by atoms with E-state index >= 15 is 0 Å². The fourth-order valence-corrected chi connectivity index (χ4v) is 4.45. The Morgan fingerprint density at radius 1 is 1.20 bits per heavy atom. The first-order valence-electron chi connectivity index (χ1n) is 10.4. The molecule has 0 radical (unpaired) electrons. The van der Waals surface area contributed by atoms with E-state index < -0.39 is 5.97 Å². The Morgan fingerprint density at radius 3 is 3.03 bits per heavy atom. The highest BCUT2D eigenvalue weighted by atomic mass is 16.4. The lowest BCUT2D eigenvalue weighted by Gasteiger charge is -2.33. The van der Waals surface area contributed by atoms with Crippen LogP contribution in [0.2, 0.25) is 0 Å². The summed E-state index contributed by atoms with van der Waals surface area (Å²) in [6.07, 6.45) is 6.01. The van der Waals surface area contributed by atoms with Gasteiger partial charge in [-0.3, -0.25) is 14.8 Å². The molecule has 0 amide bonds. The van der Waals surface area contributed by atoms with Crippen LogP contribution in [0.1, 0.15) is 18.4 Å². The predicted octanol–water partition coefficient (Wildman–Crippen LogP) is 3.68. The molecule has 30 heavy (non-hydrogen) atoms. The van der Waals surface area contributed by atoms with Gasteiger partial charge in [-0.05, 0) is 60.7 Å². The largest absolute Gasteiger partial charge is 0.480 e. The van der Waals surface area contributed by atoms with Gasteiger partial charge >= 0.3 is 5.97 Å². The third-order valence-corrected chi connectivity index (χ3v) is 5.87. The van der Waals surface area contributed by atoms with E-state index in [4.69, 9.17) is 5.11 Å². The third kappa shape index (κ3) is 3.89. The smallest absolute Gasteiger partial charge is 0.323 e. The summed E-state index contributed by atoms with van der Waals surface area (Å²) in [7, 11) is 0. The summed E-state index contributed by atoms with van der Waals surface area (Å²) < 4.78 is 1.80. The zero-order chi connectivity index (χ0) is 20.5. The van der Waals surface area contributed by atoms with Gasteiger partial charge in [-0.2, -0.15) is 5.10 Å². The second-order valence-electron chi connectivity index (χ2n) is 8.12. The molecule has 5 rings (SSSR count). The Kier molecular flexibility index (Phi) is 4.88. The number of anilines is 1. The molecular weight excluding hydrogens is 378 g/mol. The number of carboxylic acid groups (broad SMARTS) is 1. The number of likely N-dealkylation sites (tertiary alicyclic amines) is 1. The van der Waals surface area contributed by atoms with Gasteiger partial charge in [0, 0.05) is 41.9 Å². The summed E-state index contributed by atoms with van der Waals surface area (Å²) in [5, 5.41) is 22.1. The number of hydrogen-bond donors (Lipinski definition) is 3. The molecule has 0 aliphatic carbocycles. The maximum atomic E-state index is 11.1. The summed E-state index contributed by atoms with van der Waals surface area (Å²) in [5.41, 5.74) is 4.38. The van der Waals surface area contributed by atoms with Crippen molar-refractivity contribution in [2.75, 3.05) is 18.4 Å². The first kappa shape index (κ1) is 18.7. The van der Waals surface area contributed by atoms with E-state index in [-0.39, 0.29) is 6.54 Å². The standard InChI is InChI=1S/C23H25N5O2/c29-23(30)15-28-9-7-17-4-3-16(10-22(17)28)13-27-8-1-2-20(14-27)25-19-5-6-21-18(11-19)12-24-26-21/h3-7,9-12,20,25H,1-2,8,13-15H2,(H,24,26)(H,29,30). The number of aromatic amines is 1. The minimum atomic E-state index is -0.823. The van der Waals surface area contributed by atoms with Gasteiger partial charge in [0.2, 0.25) is 0 Å². The molecule has 1 fully saturated rings. The lowest BCUT2D eigenvalue weighted by molar-refractivity contribution is -0.137. The van der Waals surface area contributed by atoms with Crippen LogP contribution in [0.4, 0.5) is 5.69 Å². The topological polar surface area (TPSA) is 86.2 Å². The van der Waals surface area contributed by atoms with Gasteiger partial charge in [-0.1, -0.05) is 12.1 Å². The molecule has 154 valence electrons. The normalized spacial score (nSPS) is 17.5. The molecule has 1 saturated heterocycles. The quantitative estimate of drug-likeness (QED) is 0.457. The number of fused-ring (bicyclic) bond motifs is 2. The van der Waals surface area contributed by atoms with Crippen LogP contribution >= 0.6 is 0 Å². The van der Waals surface area contributed by atoms with E-state index in [0.29, 0.717) is 6.04 Å². The first-order chi connectivity index (χ1) is 14.6. The van der Waals surface area contributed by atoms with E-state index in [9.17, 15) is 4.79 Å². The maximum absolute atomic E-state index is 11.1. The van der Waals surface area contributed by atoms with Crippen molar-refractivity contribution in [1.29, 1.82) is 0 Å². The molecule has 7 heteroatoms. The predicted molar refractivity (Wildman–Crippen MR) is 118 cm³/mol. The number of aromatic nitrogens is 3. The highest BCUT2D eigenvalue weighted by molar-refractivity contribution is 5.83. The van der Waals surface area contributed by atoms with Crippen molar-refractivity contribution in [2.24, 2.45) is 0 Å². The number of rotatable bonds is 6. The second kappa shape index (κ2) is 7.84. The van der Waals surface area contributed by atoms with Crippen LogP contribution in [0.25, 0.3) is 21.8 Å². The summed E-state index contributed by atoms with van der Waals surface area (Å²) in [4.78, 5) is 13.6. The lowest BCUT2D eigenvalue weighted by atomic mass is 10.0. The van der Waals surface area contributed by atoms with Crippen LogP contribution in [0.15, 0.2) is 54.9 Å². The molecule has 0 saturated carbocycles. The van der Waals surface area contributed by atoms with Gasteiger partial charge in [-0.15, -0.1) is 0 Å². The fourth-order valence-electron chi connectivity index (χ4n) is 4.45. The molecule has 1 unspecified atom stereocenters. The van der Waals surface area contributed by atoms with Gasteiger partial charge in [0.1, 0.15) is 6.54 Å². The second-order valence-corrected chi connectivity index (χ2v) is 8.12. The maximum Gasteiger partial charge on any atom is 0.323 e. The lowest BCUT2D eigenvalue weighted by Crippen LogP contribution is -2.41. The molecule has 0 spiro atoms. The molecule has 0 bridgehead atoms. The summed E-state index contributed by atoms with van der Waals surface area (Å²) >= 11 is 0. The number of piperidine rings is 1. The van der Waals surface area contributed by atoms with E-state index in [1.165, 1.54) is 5.56 Å². The molecule has 3 N–H and O–H groups in total. The zero-order valence-electron chi connectivity index (χ0n) is 16.7. The van der Waals surface area contributed by atoms with Crippen molar-refractivity contribution >= 4 is 33.5 Å². The van der Waals surface area contributed by atoms with Crippen molar-refractivity contribution in [3.05, 3.63) is 60.4 Å². The number of nitrogens with zero attached hydrogens (tertiary/aromatic N) is 3. The Labute approximate surface area is 174 Å². The van der Waals surface area contributed by atoms with Gasteiger partial charge in [0.05, 0.1) is 11.7 Å². The van der Waals surface area contributed by atoms with Gasteiger partial charge < -0.3 is 15.0 Å². The third-order valence-electron chi connectivity index (χ3n) is 5.87. The number of benzene rings is 2. The summed E-state index contributed by atoms with van der Waals surface area (Å²) in [6, 6.07) is 15.0. The molecule has 1 atom stereocenters. The zero-order valence-corrected chi connectivity index (χ0v) is 16.7. The van der Waals surface area contributed by atoms with Crippen molar-refractivity contribution in [3.63, 3.8) is 0 Å². The van der Waals surface area contributed by atoms with Crippen LogP contribution in [0.5, 0.6) is 0 Å². The Balaban J connectivity index is 1.27. The molecule has 7 nitrogen and oxygen atoms in total. The number of aliphatic carboxylic acids is 1. The van der Waals surface area contributed by atoms with E-state index in [2.05, 4.69) is 56.8 Å². The number of carbonyl (C=O) groups is 1. The van der Waals surface area contributed by atoms with Gasteiger partial charge in [-0.25, -0.2) is 0 Å². The molecular formula is C23H25N5O2. The number of carboxylic acids is 1. The van der Waals surface area contributed by atoms with Gasteiger partial charge in [0.25, 0.3) is 0 Å². The average Bonchev–Trinajstić information content (AvgIpc) is 3.34. The first-order valence-corrected chi connectivity index (χ1v) is 10.4. The van der Waals surface area contributed by atoms with E-state index in [1.807, 2.05) is 18.5 Å². The summed E-state index contributed by atoms with van der Waals surface area (Å²) in [6.45, 7) is 2.92. The highest BCUT2D eigenvalue weighted by Gasteiger charge is 2.20. The van der Waals surface area contributed by atoms with Crippen LogP contribution < -0.4 is 5.32 Å². The number of nitrogens with one attached hydrogen (secondary N) is 2. The molecule has 2 aromatic heterocycles. The molecule has 1 aliphatic heterocycles. The van der Waals surface area contributed by atoms with Crippen LogP contribution in [0.3, 0.4) is 0 Å². The number of H-pyrrole nitrogens is 1. The van der Waals surface area contributed by atoms with E-state index in [0.717, 1.165) is 60.0 Å². The average molecular weight is 403 g/mol. The van der Waals surface area contributed by atoms with Crippen molar-refractivity contribution in [3.8, 4) is 0 Å². The van der Waals surface area contributed by atoms with Crippen molar-refractivity contribution in [2.45, 2.75) is 32.0 Å². The van der Waals surface area contributed by atoms with Crippen LogP contribution in [0, 0.1) is 0 Å². The van der Waals surface area contributed by atoms with Gasteiger partial charge in [0.15, 0.2) is 0 Å². The number of hydrogen-bond acceptors (Lipinski definition) is 4. The van der Waals surface area contributed by atoms with Crippen molar-refractivity contribution < 1.29 is 9.90 Å². The molecule has 3 heterocycles. The van der Waals surface area contributed by atoms with Crippen molar-refractivity contribution in [1.82, 2.24) is 19.7 Å². The highest BCUT2D eigenvalue weighted by Crippen LogP contribution is 2.23. The van der Waals surface area contributed by atoms with Crippen LogP contribution in [-0.2, 0) is 17.9 Å². The Morgan fingerprint density at radius 2 is 2.13 bits per heavy atom. The van der Waals surface area contributed by atoms with E-state index in [1.54, 1.807) is 4.57 Å². The Hall–Kier alpha value is -3.32. The monoisotopic (exact) mass is 403 g/mol. The van der Waals surface area contributed by atoms with Crippen LogP contribution in [-0.4, -0.2) is 49.9 Å². The molecule has 4 aromatic rings. The summed E-state index contributed by atoms with van der Waals surface area (Å²) in [5.74, 6) is -0.823. The minimum Gasteiger partial charge on any atom is -0.480 e. The fraction of sp³-hybridized carbons (Fsp3) is 0.304. The molecule has 1 aliphatic rings. The SMILES string of the molecule is O=C(O)Cn1ccc2ccc(CN3CCCC(Nc4ccc5[nH]ncc5c4)C3)cc21. The Bertz CT molecular complexity index is 1190.